The smallest absolute Gasteiger partial charge is 0.238 e. The largest absolute Gasteiger partial charge is 0.295 e. The van der Waals surface area contributed by atoms with E-state index in [0.29, 0.717) is 15.8 Å². The van der Waals surface area contributed by atoms with Gasteiger partial charge in [-0.05, 0) is 49.2 Å². The van der Waals surface area contributed by atoms with Gasteiger partial charge in [0.25, 0.3) is 0 Å². The maximum atomic E-state index is 12.4. The number of hydrogen-bond acceptors (Lipinski definition) is 2. The molecule has 1 aliphatic rings. The lowest BCUT2D eigenvalue weighted by Crippen LogP contribution is -2.28. The van der Waals surface area contributed by atoms with Gasteiger partial charge in [-0.1, -0.05) is 35.3 Å². The number of aryl methyl sites for hydroxylation is 2. The fourth-order valence-electron chi connectivity index (χ4n) is 2.75. The summed E-state index contributed by atoms with van der Waals surface area (Å²) in [5, 5.41) is 0.998. The molecule has 0 radical (unpaired) electrons. The predicted molar refractivity (Wildman–Crippen MR) is 95.1 cm³/mol. The van der Waals surface area contributed by atoms with E-state index in [9.17, 15) is 4.79 Å². The van der Waals surface area contributed by atoms with E-state index in [4.69, 9.17) is 23.2 Å². The Bertz CT molecular complexity index is 707. The molecule has 2 aromatic rings. The Morgan fingerprint density at radius 3 is 2.27 bits per heavy atom. The summed E-state index contributed by atoms with van der Waals surface area (Å²) in [6.07, 6.45) is 0. The van der Waals surface area contributed by atoms with Crippen LogP contribution in [-0.4, -0.2) is 11.7 Å². The first-order valence-corrected chi connectivity index (χ1v) is 8.73. The van der Waals surface area contributed by atoms with Gasteiger partial charge in [0.1, 0.15) is 5.37 Å². The van der Waals surface area contributed by atoms with E-state index in [1.165, 1.54) is 0 Å². The number of thioether (sulfide) groups is 1. The van der Waals surface area contributed by atoms with Crippen molar-refractivity contribution in [3.05, 3.63) is 63.1 Å². The van der Waals surface area contributed by atoms with Crippen LogP contribution in [0.25, 0.3) is 0 Å². The fourth-order valence-corrected chi connectivity index (χ4v) is 4.74. The predicted octanol–water partition coefficient (Wildman–Crippen LogP) is 5.39. The summed E-state index contributed by atoms with van der Waals surface area (Å²) in [5.41, 5.74) is 3.96. The van der Waals surface area contributed by atoms with Gasteiger partial charge in [0.2, 0.25) is 5.91 Å². The molecule has 1 heterocycles. The number of benzene rings is 2. The standard InChI is InChI=1S/C17H15Cl2NOS/c1-10-6-11(2)8-12(7-10)20-15(21)9-22-17(20)16-13(18)4-3-5-14(16)19/h3-8,17H,9H2,1-2H3. The van der Waals surface area contributed by atoms with E-state index in [0.717, 1.165) is 22.4 Å². The third kappa shape index (κ3) is 2.85. The Balaban J connectivity index is 2.10. The van der Waals surface area contributed by atoms with E-state index < -0.39 is 0 Å². The number of halogens is 2. The minimum Gasteiger partial charge on any atom is -0.295 e. The summed E-state index contributed by atoms with van der Waals surface area (Å²) >= 11 is 14.2. The maximum Gasteiger partial charge on any atom is 0.238 e. The molecule has 1 fully saturated rings. The first kappa shape index (κ1) is 15.7. The van der Waals surface area contributed by atoms with Crippen LogP contribution in [0, 0.1) is 13.8 Å². The summed E-state index contributed by atoms with van der Waals surface area (Å²) in [7, 11) is 0. The summed E-state index contributed by atoms with van der Waals surface area (Å²) in [4.78, 5) is 14.2. The van der Waals surface area contributed by atoms with Gasteiger partial charge in [-0.3, -0.25) is 9.69 Å². The Labute approximate surface area is 144 Å². The van der Waals surface area contributed by atoms with Gasteiger partial charge in [0.15, 0.2) is 0 Å². The molecule has 2 nitrogen and oxygen atoms in total. The van der Waals surface area contributed by atoms with E-state index in [2.05, 4.69) is 6.07 Å². The number of hydrogen-bond donors (Lipinski definition) is 0. The van der Waals surface area contributed by atoms with Crippen LogP contribution in [0.4, 0.5) is 5.69 Å². The molecule has 3 rings (SSSR count). The van der Waals surface area contributed by atoms with Crippen molar-refractivity contribution in [2.24, 2.45) is 0 Å². The van der Waals surface area contributed by atoms with Gasteiger partial charge >= 0.3 is 0 Å². The van der Waals surface area contributed by atoms with Gasteiger partial charge in [0, 0.05) is 21.3 Å². The van der Waals surface area contributed by atoms with Crippen molar-refractivity contribution in [3.63, 3.8) is 0 Å². The average molecular weight is 352 g/mol. The molecular weight excluding hydrogens is 337 g/mol. The highest BCUT2D eigenvalue weighted by molar-refractivity contribution is 8.00. The Morgan fingerprint density at radius 1 is 1.09 bits per heavy atom. The molecule has 114 valence electrons. The number of amides is 1. The van der Waals surface area contributed by atoms with Gasteiger partial charge in [-0.15, -0.1) is 11.8 Å². The average Bonchev–Trinajstić information content (AvgIpc) is 2.79. The lowest BCUT2D eigenvalue weighted by atomic mass is 10.1. The van der Waals surface area contributed by atoms with Gasteiger partial charge in [0.05, 0.1) is 5.75 Å². The molecule has 0 N–H and O–H groups in total. The zero-order valence-electron chi connectivity index (χ0n) is 12.3. The lowest BCUT2D eigenvalue weighted by molar-refractivity contribution is -0.115. The third-order valence-electron chi connectivity index (χ3n) is 3.60. The van der Waals surface area contributed by atoms with Crippen molar-refractivity contribution in [1.29, 1.82) is 0 Å². The molecule has 0 aliphatic carbocycles. The maximum absolute atomic E-state index is 12.4. The van der Waals surface area contributed by atoms with E-state index in [-0.39, 0.29) is 11.3 Å². The van der Waals surface area contributed by atoms with Crippen molar-refractivity contribution >= 4 is 46.6 Å². The van der Waals surface area contributed by atoms with E-state index >= 15 is 0 Å². The molecule has 0 bridgehead atoms. The fraction of sp³-hybridized carbons (Fsp3) is 0.235. The van der Waals surface area contributed by atoms with Crippen LogP contribution in [0.3, 0.4) is 0 Å². The van der Waals surface area contributed by atoms with Crippen molar-refractivity contribution in [3.8, 4) is 0 Å². The first-order chi connectivity index (χ1) is 10.5. The van der Waals surface area contributed by atoms with Crippen LogP contribution in [-0.2, 0) is 4.79 Å². The number of carbonyl (C=O) groups is 1. The van der Waals surface area contributed by atoms with Crippen LogP contribution in [0.2, 0.25) is 10.0 Å². The molecule has 0 aromatic heterocycles. The SMILES string of the molecule is Cc1cc(C)cc(N2C(=O)CSC2c2c(Cl)cccc2Cl)c1. The zero-order chi connectivity index (χ0) is 15.9. The van der Waals surface area contributed by atoms with E-state index in [1.807, 2.05) is 44.2 Å². The Morgan fingerprint density at radius 2 is 1.68 bits per heavy atom. The number of rotatable bonds is 2. The summed E-state index contributed by atoms with van der Waals surface area (Å²) in [6.45, 7) is 4.06. The molecule has 1 atom stereocenters. The van der Waals surface area contributed by atoms with Crippen molar-refractivity contribution < 1.29 is 4.79 Å². The monoisotopic (exact) mass is 351 g/mol. The van der Waals surface area contributed by atoms with E-state index in [1.54, 1.807) is 16.7 Å². The normalized spacial score (nSPS) is 18.1. The second kappa shape index (κ2) is 6.15. The minimum atomic E-state index is -0.185. The highest BCUT2D eigenvalue weighted by atomic mass is 35.5. The van der Waals surface area contributed by atoms with Crippen molar-refractivity contribution in [2.45, 2.75) is 19.2 Å². The number of carbonyl (C=O) groups excluding carboxylic acids is 1. The summed E-state index contributed by atoms with van der Waals surface area (Å²) in [6, 6.07) is 11.6. The van der Waals surface area contributed by atoms with Crippen LogP contribution >= 0.6 is 35.0 Å². The van der Waals surface area contributed by atoms with Crippen LogP contribution in [0.5, 0.6) is 0 Å². The van der Waals surface area contributed by atoms with Gasteiger partial charge in [-0.2, -0.15) is 0 Å². The minimum absolute atomic E-state index is 0.0796. The van der Waals surface area contributed by atoms with Crippen LogP contribution < -0.4 is 4.90 Å². The molecule has 2 aromatic carbocycles. The second-order valence-electron chi connectivity index (χ2n) is 5.41. The highest BCUT2D eigenvalue weighted by Gasteiger charge is 2.36. The van der Waals surface area contributed by atoms with Crippen molar-refractivity contribution in [2.75, 3.05) is 10.7 Å². The molecular formula is C17H15Cl2NOS. The molecule has 5 heteroatoms. The second-order valence-corrected chi connectivity index (χ2v) is 7.29. The molecule has 0 saturated carbocycles. The summed E-state index contributed by atoms with van der Waals surface area (Å²) in [5.74, 6) is 0.509. The van der Waals surface area contributed by atoms with Crippen LogP contribution in [0.15, 0.2) is 36.4 Å². The Hall–Kier alpha value is -1.16. The first-order valence-electron chi connectivity index (χ1n) is 6.93. The molecule has 1 saturated heterocycles. The Kier molecular flexibility index (Phi) is 4.40. The lowest BCUT2D eigenvalue weighted by Gasteiger charge is -2.26. The summed E-state index contributed by atoms with van der Waals surface area (Å²) < 4.78 is 0. The zero-order valence-corrected chi connectivity index (χ0v) is 14.6. The molecule has 0 spiro atoms. The topological polar surface area (TPSA) is 20.3 Å². The molecule has 1 unspecified atom stereocenters. The number of nitrogens with zero attached hydrogens (tertiary/aromatic N) is 1. The third-order valence-corrected chi connectivity index (χ3v) is 5.43. The highest BCUT2D eigenvalue weighted by Crippen LogP contribution is 2.46. The van der Waals surface area contributed by atoms with Crippen molar-refractivity contribution in [1.82, 2.24) is 0 Å². The molecule has 22 heavy (non-hydrogen) atoms. The quantitative estimate of drug-likeness (QED) is 0.722. The molecule has 1 amide bonds. The number of anilines is 1. The van der Waals surface area contributed by atoms with Crippen LogP contribution in [0.1, 0.15) is 22.1 Å². The van der Waals surface area contributed by atoms with Gasteiger partial charge in [-0.25, -0.2) is 0 Å². The molecule has 1 aliphatic heterocycles. The van der Waals surface area contributed by atoms with Gasteiger partial charge < -0.3 is 0 Å².